The number of pyridine rings is 1. The van der Waals surface area contributed by atoms with Gasteiger partial charge in [0.1, 0.15) is 17.7 Å². The van der Waals surface area contributed by atoms with Crippen LogP contribution in [0.25, 0.3) is 22.3 Å². The van der Waals surface area contributed by atoms with Crippen molar-refractivity contribution in [3.05, 3.63) is 36.9 Å². The average Bonchev–Trinajstić information content (AvgIpc) is 3.37. The summed E-state index contributed by atoms with van der Waals surface area (Å²) < 4.78 is 27.7. The number of amides is 1. The number of fused-ring (bicyclic) bond motifs is 1. The number of hydrogen-bond donors (Lipinski definition) is 2. The van der Waals surface area contributed by atoms with E-state index >= 15 is 0 Å². The molecule has 0 bridgehead atoms. The summed E-state index contributed by atoms with van der Waals surface area (Å²) in [7, 11) is -3.48. The van der Waals surface area contributed by atoms with Crippen molar-refractivity contribution in [2.24, 2.45) is 0 Å². The minimum atomic E-state index is -3.48. The van der Waals surface area contributed by atoms with Crippen molar-refractivity contribution in [2.45, 2.75) is 50.5 Å². The van der Waals surface area contributed by atoms with Gasteiger partial charge in [0.25, 0.3) is 15.9 Å². The maximum Gasteiger partial charge on any atom is 0.257 e. The minimum Gasteiger partial charge on any atom is -0.383 e. The van der Waals surface area contributed by atoms with Crippen LogP contribution in [0.5, 0.6) is 0 Å². The zero-order valence-corrected chi connectivity index (χ0v) is 21.0. The quantitative estimate of drug-likeness (QED) is 0.366. The van der Waals surface area contributed by atoms with Crippen LogP contribution in [0.2, 0.25) is 0 Å². The minimum absolute atomic E-state index is 0.0169. The van der Waals surface area contributed by atoms with Crippen LogP contribution < -0.4 is 10.2 Å². The number of carbonyl (C=O) groups is 1. The highest BCUT2D eigenvalue weighted by Gasteiger charge is 2.38. The molecular weight excluding hydrogens is 498 g/mol. The fourth-order valence-corrected chi connectivity index (χ4v) is 5.81. The van der Waals surface area contributed by atoms with Crippen LogP contribution in [0.4, 0.5) is 17.5 Å². The monoisotopic (exact) mass is 523 g/mol. The highest BCUT2D eigenvalue weighted by atomic mass is 32.2. The van der Waals surface area contributed by atoms with Crippen molar-refractivity contribution in [1.29, 1.82) is 0 Å². The first kappa shape index (κ1) is 23.5. The van der Waals surface area contributed by atoms with Crippen LogP contribution in [-0.4, -0.2) is 71.2 Å². The molecular formula is C23H25N9O4S. The Morgan fingerprint density at radius 2 is 1.95 bits per heavy atom. The van der Waals surface area contributed by atoms with Gasteiger partial charge >= 0.3 is 0 Å². The normalized spacial score (nSPS) is 18.3. The predicted molar refractivity (Wildman–Crippen MR) is 135 cm³/mol. The van der Waals surface area contributed by atoms with E-state index in [0.29, 0.717) is 60.0 Å². The Morgan fingerprint density at radius 3 is 2.65 bits per heavy atom. The molecule has 0 radical (unpaired) electrons. The van der Waals surface area contributed by atoms with E-state index < -0.39 is 16.1 Å². The molecule has 2 fully saturated rings. The fraction of sp³-hybridized carbons (Fsp3) is 0.391. The second kappa shape index (κ2) is 8.59. The third-order valence-corrected chi connectivity index (χ3v) is 8.47. The van der Waals surface area contributed by atoms with Gasteiger partial charge in [0.2, 0.25) is 0 Å². The van der Waals surface area contributed by atoms with Crippen molar-refractivity contribution >= 4 is 44.3 Å². The van der Waals surface area contributed by atoms with E-state index in [4.69, 9.17) is 0 Å². The average molecular weight is 524 g/mol. The smallest absolute Gasteiger partial charge is 0.257 e. The third-order valence-electron chi connectivity index (χ3n) is 6.43. The lowest BCUT2D eigenvalue weighted by Gasteiger charge is -2.13. The Labute approximate surface area is 212 Å². The molecule has 6 rings (SSSR count). The molecule has 5 heterocycles. The number of nitrogens with zero attached hydrogens (tertiary/aromatic N) is 8. The molecule has 4 aromatic heterocycles. The van der Waals surface area contributed by atoms with Crippen LogP contribution in [0, 0.1) is 0 Å². The zero-order valence-electron chi connectivity index (χ0n) is 20.2. The van der Waals surface area contributed by atoms with Crippen LogP contribution in [0.3, 0.4) is 0 Å². The maximum absolute atomic E-state index is 12.4. The molecule has 2 aliphatic rings. The van der Waals surface area contributed by atoms with Crippen molar-refractivity contribution in [1.82, 2.24) is 33.9 Å². The molecule has 1 atom stereocenters. The predicted octanol–water partition coefficient (Wildman–Crippen LogP) is 1.85. The Hall–Kier alpha value is -3.91. The number of aliphatic hydroxyl groups excluding tert-OH is 1. The van der Waals surface area contributed by atoms with Crippen molar-refractivity contribution in [2.75, 3.05) is 16.8 Å². The number of hydrogen-bond acceptors (Lipinski definition) is 10. The van der Waals surface area contributed by atoms with Crippen molar-refractivity contribution < 1.29 is 18.3 Å². The lowest BCUT2D eigenvalue weighted by Crippen LogP contribution is -2.29. The molecule has 4 aromatic rings. The SMILES string of the molecule is CC(C)n1nc(N2CCC(O)C2=O)c2cnc(Nc3ccnc(-c4cnn(S(=O)(=O)C5CC5)c4)n3)cc21. The van der Waals surface area contributed by atoms with Crippen molar-refractivity contribution in [3.63, 3.8) is 0 Å². The van der Waals surface area contributed by atoms with E-state index in [2.05, 4.69) is 30.5 Å². The first-order chi connectivity index (χ1) is 17.7. The molecule has 192 valence electrons. The maximum atomic E-state index is 12.4. The number of aliphatic hydroxyl groups is 1. The second-order valence-corrected chi connectivity index (χ2v) is 11.6. The topological polar surface area (TPSA) is 161 Å². The van der Waals surface area contributed by atoms with Crippen molar-refractivity contribution in [3.8, 4) is 11.4 Å². The molecule has 1 aliphatic heterocycles. The third kappa shape index (κ3) is 4.11. The molecule has 1 unspecified atom stereocenters. The van der Waals surface area contributed by atoms with Crippen LogP contribution >= 0.6 is 0 Å². The van der Waals surface area contributed by atoms with E-state index in [0.717, 1.165) is 9.60 Å². The lowest BCUT2D eigenvalue weighted by atomic mass is 10.2. The molecule has 37 heavy (non-hydrogen) atoms. The first-order valence-electron chi connectivity index (χ1n) is 12.0. The van der Waals surface area contributed by atoms with E-state index in [1.54, 1.807) is 18.5 Å². The van der Waals surface area contributed by atoms with Gasteiger partial charge in [-0.1, -0.05) is 0 Å². The van der Waals surface area contributed by atoms with Gasteiger partial charge < -0.3 is 10.4 Å². The fourth-order valence-electron chi connectivity index (χ4n) is 4.33. The van der Waals surface area contributed by atoms with Crippen LogP contribution in [0.15, 0.2) is 36.9 Å². The molecule has 1 amide bonds. The summed E-state index contributed by atoms with van der Waals surface area (Å²) in [5.74, 6) is 1.41. The summed E-state index contributed by atoms with van der Waals surface area (Å²) in [4.78, 5) is 27.2. The van der Waals surface area contributed by atoms with Gasteiger partial charge in [-0.15, -0.1) is 0 Å². The van der Waals surface area contributed by atoms with E-state index in [1.165, 1.54) is 17.3 Å². The molecule has 1 aliphatic carbocycles. The Morgan fingerprint density at radius 1 is 1.14 bits per heavy atom. The molecule has 0 spiro atoms. The number of carbonyl (C=O) groups excluding carboxylic acids is 1. The molecule has 0 aromatic carbocycles. The van der Waals surface area contributed by atoms with Crippen LogP contribution in [0.1, 0.15) is 39.2 Å². The van der Waals surface area contributed by atoms with Gasteiger partial charge in [-0.05, 0) is 32.8 Å². The standard InChI is InChI=1S/C23H25N9O4S/c1-13(2)32-17-9-20(25-11-16(17)22(29-32)30-8-6-18(33)23(30)34)27-19-5-7-24-21(28-19)14-10-26-31(12-14)37(35,36)15-3-4-15/h5,7,9-13,15,18,33H,3-4,6,8H2,1-2H3,(H,24,25,27,28). The molecule has 1 saturated heterocycles. The van der Waals surface area contributed by atoms with Gasteiger partial charge in [0.05, 0.1) is 34.1 Å². The first-order valence-corrected chi connectivity index (χ1v) is 13.5. The number of rotatable bonds is 7. The summed E-state index contributed by atoms with van der Waals surface area (Å²) in [5.41, 5.74) is 1.26. The molecule has 13 nitrogen and oxygen atoms in total. The molecule has 14 heteroatoms. The largest absolute Gasteiger partial charge is 0.383 e. The Bertz CT molecular complexity index is 1620. The summed E-state index contributed by atoms with van der Waals surface area (Å²) in [6, 6.07) is 3.52. The number of anilines is 3. The highest BCUT2D eigenvalue weighted by molar-refractivity contribution is 7.90. The number of nitrogens with one attached hydrogen (secondary N) is 1. The zero-order chi connectivity index (χ0) is 25.9. The summed E-state index contributed by atoms with van der Waals surface area (Å²) >= 11 is 0. The van der Waals surface area contributed by atoms with E-state index in [-0.39, 0.29) is 17.2 Å². The van der Waals surface area contributed by atoms with Crippen LogP contribution in [-0.2, 0) is 14.8 Å². The summed E-state index contributed by atoms with van der Waals surface area (Å²) in [6.07, 6.45) is 6.72. The van der Waals surface area contributed by atoms with E-state index in [9.17, 15) is 18.3 Å². The highest BCUT2D eigenvalue weighted by Crippen LogP contribution is 2.33. The lowest BCUT2D eigenvalue weighted by molar-refractivity contribution is -0.124. The number of aromatic nitrogens is 7. The molecule has 1 saturated carbocycles. The molecule has 2 N–H and O–H groups in total. The van der Waals surface area contributed by atoms with Gasteiger partial charge in [-0.25, -0.2) is 23.4 Å². The second-order valence-electron chi connectivity index (χ2n) is 9.48. The van der Waals surface area contributed by atoms with Gasteiger partial charge in [-0.2, -0.15) is 14.3 Å². The van der Waals surface area contributed by atoms with E-state index in [1.807, 2.05) is 24.6 Å². The summed E-state index contributed by atoms with van der Waals surface area (Å²) in [6.45, 7) is 4.38. The van der Waals surface area contributed by atoms with Gasteiger partial charge in [-0.3, -0.25) is 14.4 Å². The Balaban J connectivity index is 1.30. The van der Waals surface area contributed by atoms with Gasteiger partial charge in [0.15, 0.2) is 11.6 Å². The Kier molecular flexibility index (Phi) is 5.45. The summed E-state index contributed by atoms with van der Waals surface area (Å²) in [5, 5.41) is 22.1. The van der Waals surface area contributed by atoms with Gasteiger partial charge in [0, 0.05) is 37.5 Å².